The molecule has 1 amide bonds. The Morgan fingerprint density at radius 3 is 2.78 bits per heavy atom. The van der Waals surface area contributed by atoms with Crippen molar-refractivity contribution in [2.75, 3.05) is 0 Å². The molecule has 1 fully saturated rings. The third-order valence-corrected chi connectivity index (χ3v) is 3.30. The first-order chi connectivity index (χ1) is 8.66. The molecule has 2 rings (SSSR count). The van der Waals surface area contributed by atoms with Crippen LogP contribution in [0.1, 0.15) is 43.6 Å². The van der Waals surface area contributed by atoms with E-state index < -0.39 is 11.6 Å². The van der Waals surface area contributed by atoms with Crippen molar-refractivity contribution < 1.29 is 9.90 Å². The van der Waals surface area contributed by atoms with Crippen LogP contribution in [0.3, 0.4) is 0 Å². The Kier molecular flexibility index (Phi) is 3.42. The average molecular weight is 246 g/mol. The summed E-state index contributed by atoms with van der Waals surface area (Å²) in [6.07, 6.45) is 4.86. The average Bonchev–Trinajstić information content (AvgIpc) is 2.39. The SMILES string of the molecule is N#Cc1nccc(C2(NC(=O)O)CCCCC2)n1. The van der Waals surface area contributed by atoms with Crippen LogP contribution in [0, 0.1) is 11.3 Å². The van der Waals surface area contributed by atoms with E-state index in [9.17, 15) is 4.79 Å². The first-order valence-corrected chi connectivity index (χ1v) is 5.91. The Hall–Kier alpha value is -2.16. The van der Waals surface area contributed by atoms with Gasteiger partial charge in [-0.1, -0.05) is 19.3 Å². The highest BCUT2D eigenvalue weighted by Gasteiger charge is 2.37. The zero-order chi connectivity index (χ0) is 13.0. The Balaban J connectivity index is 2.38. The van der Waals surface area contributed by atoms with Gasteiger partial charge in [0.25, 0.3) is 0 Å². The first-order valence-electron chi connectivity index (χ1n) is 5.91. The maximum Gasteiger partial charge on any atom is 0.405 e. The minimum Gasteiger partial charge on any atom is -0.465 e. The normalized spacial score (nSPS) is 17.7. The molecule has 1 aromatic heterocycles. The number of carboxylic acid groups (broad SMARTS) is 1. The second-order valence-electron chi connectivity index (χ2n) is 4.45. The van der Waals surface area contributed by atoms with Gasteiger partial charge in [0.15, 0.2) is 0 Å². The van der Waals surface area contributed by atoms with E-state index in [1.54, 1.807) is 6.07 Å². The smallest absolute Gasteiger partial charge is 0.405 e. The molecule has 0 aromatic carbocycles. The van der Waals surface area contributed by atoms with Gasteiger partial charge >= 0.3 is 6.09 Å². The Morgan fingerprint density at radius 2 is 2.17 bits per heavy atom. The van der Waals surface area contributed by atoms with E-state index >= 15 is 0 Å². The van der Waals surface area contributed by atoms with E-state index in [-0.39, 0.29) is 5.82 Å². The van der Waals surface area contributed by atoms with Gasteiger partial charge in [-0.3, -0.25) is 0 Å². The van der Waals surface area contributed by atoms with Crippen molar-refractivity contribution in [3.05, 3.63) is 23.8 Å². The van der Waals surface area contributed by atoms with E-state index in [0.29, 0.717) is 18.5 Å². The third-order valence-electron chi connectivity index (χ3n) is 3.30. The summed E-state index contributed by atoms with van der Waals surface area (Å²) in [7, 11) is 0. The lowest BCUT2D eigenvalue weighted by molar-refractivity contribution is 0.160. The van der Waals surface area contributed by atoms with E-state index in [1.165, 1.54) is 6.20 Å². The van der Waals surface area contributed by atoms with Gasteiger partial charge in [0.1, 0.15) is 6.07 Å². The summed E-state index contributed by atoms with van der Waals surface area (Å²) in [6.45, 7) is 0. The van der Waals surface area contributed by atoms with Gasteiger partial charge in [0, 0.05) is 6.20 Å². The number of carbonyl (C=O) groups is 1. The molecule has 1 aromatic rings. The molecule has 1 heterocycles. The quantitative estimate of drug-likeness (QED) is 0.828. The summed E-state index contributed by atoms with van der Waals surface area (Å²) in [6, 6.07) is 3.56. The van der Waals surface area contributed by atoms with Gasteiger partial charge in [0.2, 0.25) is 5.82 Å². The zero-order valence-electron chi connectivity index (χ0n) is 9.89. The molecular weight excluding hydrogens is 232 g/mol. The molecule has 0 saturated heterocycles. The second kappa shape index (κ2) is 5.00. The van der Waals surface area contributed by atoms with Crippen molar-refractivity contribution in [1.29, 1.82) is 5.26 Å². The fraction of sp³-hybridized carbons (Fsp3) is 0.500. The lowest BCUT2D eigenvalue weighted by Gasteiger charge is -2.36. The Labute approximate surface area is 105 Å². The molecule has 0 unspecified atom stereocenters. The van der Waals surface area contributed by atoms with E-state index in [0.717, 1.165) is 19.3 Å². The number of hydrogen-bond acceptors (Lipinski definition) is 4. The number of aromatic nitrogens is 2. The van der Waals surface area contributed by atoms with Gasteiger partial charge in [0.05, 0.1) is 11.2 Å². The van der Waals surface area contributed by atoms with E-state index in [4.69, 9.17) is 10.4 Å². The minimum absolute atomic E-state index is 0.0737. The van der Waals surface area contributed by atoms with Crippen LogP contribution in [0.2, 0.25) is 0 Å². The van der Waals surface area contributed by atoms with Crippen LogP contribution in [0.5, 0.6) is 0 Å². The van der Waals surface area contributed by atoms with Crippen LogP contribution in [-0.2, 0) is 5.54 Å². The molecule has 0 radical (unpaired) electrons. The molecule has 1 saturated carbocycles. The Bertz CT molecular complexity index is 489. The number of nitrogens with zero attached hydrogens (tertiary/aromatic N) is 3. The largest absolute Gasteiger partial charge is 0.465 e. The molecule has 1 aliphatic rings. The molecular formula is C12H14N4O2. The highest BCUT2D eigenvalue weighted by Crippen LogP contribution is 2.36. The van der Waals surface area contributed by atoms with Gasteiger partial charge < -0.3 is 10.4 Å². The lowest BCUT2D eigenvalue weighted by atomic mass is 9.79. The predicted molar refractivity (Wildman–Crippen MR) is 62.7 cm³/mol. The number of rotatable bonds is 2. The molecule has 0 atom stereocenters. The van der Waals surface area contributed by atoms with Gasteiger partial charge in [-0.05, 0) is 18.9 Å². The van der Waals surface area contributed by atoms with Gasteiger partial charge in [-0.15, -0.1) is 0 Å². The van der Waals surface area contributed by atoms with Gasteiger partial charge in [-0.2, -0.15) is 5.26 Å². The summed E-state index contributed by atoms with van der Waals surface area (Å²) >= 11 is 0. The monoisotopic (exact) mass is 246 g/mol. The third kappa shape index (κ3) is 2.40. The minimum atomic E-state index is -1.06. The highest BCUT2D eigenvalue weighted by atomic mass is 16.4. The van der Waals surface area contributed by atoms with Crippen molar-refractivity contribution in [2.24, 2.45) is 0 Å². The van der Waals surface area contributed by atoms with Crippen molar-refractivity contribution in [1.82, 2.24) is 15.3 Å². The molecule has 2 N–H and O–H groups in total. The topological polar surface area (TPSA) is 98.9 Å². The van der Waals surface area contributed by atoms with Crippen LogP contribution in [0.4, 0.5) is 4.79 Å². The number of hydrogen-bond donors (Lipinski definition) is 2. The summed E-state index contributed by atoms with van der Waals surface area (Å²) in [5.41, 5.74) is -0.0744. The maximum atomic E-state index is 11.0. The number of nitrogens with one attached hydrogen (secondary N) is 1. The standard InChI is InChI=1S/C12H14N4O2/c13-8-10-14-7-4-9(15-10)12(16-11(17)18)5-2-1-3-6-12/h4,7,16H,1-3,5-6H2,(H,17,18). The van der Waals surface area contributed by atoms with Crippen molar-refractivity contribution >= 4 is 6.09 Å². The molecule has 6 heteroatoms. The molecule has 1 aliphatic carbocycles. The van der Waals surface area contributed by atoms with E-state index in [2.05, 4.69) is 15.3 Å². The first kappa shape index (κ1) is 12.3. The van der Waals surface area contributed by atoms with Crippen LogP contribution in [0.15, 0.2) is 12.3 Å². The van der Waals surface area contributed by atoms with Crippen LogP contribution in [0.25, 0.3) is 0 Å². The predicted octanol–water partition coefficient (Wildman–Crippen LogP) is 1.78. The molecule has 18 heavy (non-hydrogen) atoms. The fourth-order valence-corrected chi connectivity index (χ4v) is 2.48. The molecule has 6 nitrogen and oxygen atoms in total. The molecule has 94 valence electrons. The lowest BCUT2D eigenvalue weighted by Crippen LogP contribution is -2.47. The second-order valence-corrected chi connectivity index (χ2v) is 4.45. The van der Waals surface area contributed by atoms with Crippen molar-refractivity contribution in [3.8, 4) is 6.07 Å². The summed E-state index contributed by atoms with van der Waals surface area (Å²) in [4.78, 5) is 18.9. The number of nitriles is 1. The van der Waals surface area contributed by atoms with Crippen molar-refractivity contribution in [3.63, 3.8) is 0 Å². The zero-order valence-corrected chi connectivity index (χ0v) is 9.89. The maximum absolute atomic E-state index is 11.0. The molecule has 0 bridgehead atoms. The van der Waals surface area contributed by atoms with Crippen LogP contribution >= 0.6 is 0 Å². The Morgan fingerprint density at radius 1 is 1.44 bits per heavy atom. The molecule has 0 spiro atoms. The van der Waals surface area contributed by atoms with Crippen LogP contribution in [-0.4, -0.2) is 21.2 Å². The van der Waals surface area contributed by atoms with E-state index in [1.807, 2.05) is 6.07 Å². The summed E-state index contributed by atoms with van der Waals surface area (Å²) in [5, 5.41) is 20.4. The van der Waals surface area contributed by atoms with Crippen molar-refractivity contribution in [2.45, 2.75) is 37.6 Å². The fourth-order valence-electron chi connectivity index (χ4n) is 2.48. The summed E-state index contributed by atoms with van der Waals surface area (Å²) < 4.78 is 0. The van der Waals surface area contributed by atoms with Crippen LogP contribution < -0.4 is 5.32 Å². The summed E-state index contributed by atoms with van der Waals surface area (Å²) in [5.74, 6) is 0.0737. The highest BCUT2D eigenvalue weighted by molar-refractivity contribution is 5.66. The van der Waals surface area contributed by atoms with Gasteiger partial charge in [-0.25, -0.2) is 14.8 Å². The number of amides is 1. The molecule has 0 aliphatic heterocycles.